The molecule has 7 nitrogen and oxygen atoms in total. The number of halogens is 2. The van der Waals surface area contributed by atoms with Gasteiger partial charge < -0.3 is 0 Å². The van der Waals surface area contributed by atoms with Crippen molar-refractivity contribution in [1.82, 2.24) is 19.7 Å². The van der Waals surface area contributed by atoms with Crippen molar-refractivity contribution in [1.29, 1.82) is 5.26 Å². The molecule has 1 saturated carbocycles. The predicted molar refractivity (Wildman–Crippen MR) is 102 cm³/mol. The van der Waals surface area contributed by atoms with Gasteiger partial charge in [-0.05, 0) is 24.8 Å². The van der Waals surface area contributed by atoms with Crippen molar-refractivity contribution < 1.29 is 13.6 Å². The van der Waals surface area contributed by atoms with E-state index in [9.17, 15) is 18.8 Å². The highest BCUT2D eigenvalue weighted by Gasteiger charge is 2.61. The van der Waals surface area contributed by atoms with Crippen LogP contribution < -0.4 is 4.90 Å². The molecular formula is C19H16F2N6OS. The Balaban J connectivity index is 1.62. The fourth-order valence-corrected chi connectivity index (χ4v) is 5.01. The summed E-state index contributed by atoms with van der Waals surface area (Å²) in [5, 5.41) is 13.6. The van der Waals surface area contributed by atoms with Crippen LogP contribution in [0.5, 0.6) is 0 Å². The number of thiazole rings is 1. The molecule has 1 saturated heterocycles. The molecule has 3 aromatic heterocycles. The second kappa shape index (κ2) is 6.29. The molecule has 3 aromatic rings. The highest BCUT2D eigenvalue weighted by atomic mass is 32.1. The number of rotatable bonds is 4. The number of carbonyl (C=O) groups excluding carboxylic acids is 1. The Bertz CT molecular complexity index is 1160. The van der Waals surface area contributed by atoms with Crippen LogP contribution in [-0.2, 0) is 4.79 Å². The molecule has 2 atom stereocenters. The van der Waals surface area contributed by atoms with Crippen molar-refractivity contribution in [2.24, 2.45) is 17.3 Å². The van der Waals surface area contributed by atoms with E-state index in [1.807, 2.05) is 6.92 Å². The molecule has 0 unspecified atom stereocenters. The van der Waals surface area contributed by atoms with Gasteiger partial charge in [-0.25, -0.2) is 14.6 Å². The molecule has 10 heteroatoms. The second-order valence-electron chi connectivity index (χ2n) is 7.59. The molecule has 2 fully saturated rings. The van der Waals surface area contributed by atoms with Crippen LogP contribution in [-0.4, -0.2) is 32.2 Å². The van der Waals surface area contributed by atoms with E-state index in [0.717, 1.165) is 17.5 Å². The van der Waals surface area contributed by atoms with Gasteiger partial charge in [0.15, 0.2) is 5.82 Å². The number of carbonyl (C=O) groups is 1. The standard InChI is InChI=1S/C19H16F2N6OS/c1-10-6-26(17(28)19(10,8-22)12-2-3-12)16-15-14(23-9-29-15)4-13(25-16)11-5-24-27(7-11)18(20)21/h4-5,7,9-10,12,18H,2-3,6H2,1H3/t10-,19+/m1/s1. The van der Waals surface area contributed by atoms with Gasteiger partial charge in [0.2, 0.25) is 5.91 Å². The predicted octanol–water partition coefficient (Wildman–Crippen LogP) is 3.85. The lowest BCUT2D eigenvalue weighted by Crippen LogP contribution is -2.37. The van der Waals surface area contributed by atoms with Gasteiger partial charge in [0, 0.05) is 24.2 Å². The number of pyridine rings is 1. The van der Waals surface area contributed by atoms with Crippen molar-refractivity contribution >= 4 is 33.3 Å². The third kappa shape index (κ3) is 2.57. The third-order valence-electron chi connectivity index (χ3n) is 5.89. The molecule has 1 aliphatic carbocycles. The Morgan fingerprint density at radius 3 is 2.86 bits per heavy atom. The minimum atomic E-state index is -2.75. The summed E-state index contributed by atoms with van der Waals surface area (Å²) in [6, 6.07) is 4.01. The minimum Gasteiger partial charge on any atom is -0.294 e. The number of anilines is 1. The first kappa shape index (κ1) is 18.1. The molecule has 0 radical (unpaired) electrons. The number of alkyl halides is 2. The zero-order valence-corrected chi connectivity index (χ0v) is 16.2. The van der Waals surface area contributed by atoms with Gasteiger partial charge in [-0.15, -0.1) is 11.3 Å². The van der Waals surface area contributed by atoms with Crippen LogP contribution in [0, 0.1) is 28.6 Å². The van der Waals surface area contributed by atoms with Crippen molar-refractivity contribution in [3.05, 3.63) is 24.0 Å². The number of hydrogen-bond acceptors (Lipinski definition) is 6. The van der Waals surface area contributed by atoms with E-state index in [4.69, 9.17) is 0 Å². The summed E-state index contributed by atoms with van der Waals surface area (Å²) in [4.78, 5) is 23.9. The first-order chi connectivity index (χ1) is 14.0. The molecule has 0 N–H and O–H groups in total. The van der Waals surface area contributed by atoms with E-state index in [1.54, 1.807) is 16.5 Å². The lowest BCUT2D eigenvalue weighted by molar-refractivity contribution is -0.124. The van der Waals surface area contributed by atoms with Gasteiger partial charge in [0.05, 0.1) is 33.7 Å². The summed E-state index contributed by atoms with van der Waals surface area (Å²) in [5.74, 6) is 0.170. The van der Waals surface area contributed by atoms with Crippen molar-refractivity contribution in [3.63, 3.8) is 0 Å². The van der Waals surface area contributed by atoms with E-state index in [2.05, 4.69) is 21.1 Å². The van der Waals surface area contributed by atoms with Gasteiger partial charge in [-0.1, -0.05) is 6.92 Å². The van der Waals surface area contributed by atoms with Crippen LogP contribution >= 0.6 is 11.3 Å². The van der Waals surface area contributed by atoms with Crippen LogP contribution in [0.3, 0.4) is 0 Å². The van der Waals surface area contributed by atoms with E-state index < -0.39 is 12.0 Å². The molecule has 1 aliphatic heterocycles. The average molecular weight is 414 g/mol. The molecule has 5 rings (SSSR count). The Labute approximate surface area is 168 Å². The summed E-state index contributed by atoms with van der Waals surface area (Å²) >= 11 is 1.36. The smallest absolute Gasteiger partial charge is 0.294 e. The minimum absolute atomic E-state index is 0.0874. The van der Waals surface area contributed by atoms with E-state index in [1.165, 1.54) is 23.7 Å². The number of aromatic nitrogens is 4. The molecule has 148 valence electrons. The monoisotopic (exact) mass is 414 g/mol. The molecule has 4 heterocycles. The van der Waals surface area contributed by atoms with Gasteiger partial charge >= 0.3 is 6.55 Å². The summed E-state index contributed by atoms with van der Waals surface area (Å²) < 4.78 is 27.1. The summed E-state index contributed by atoms with van der Waals surface area (Å²) in [5.41, 5.74) is 2.09. The van der Waals surface area contributed by atoms with Gasteiger partial charge in [-0.3, -0.25) is 9.69 Å². The normalized spacial score (nSPS) is 24.6. The maximum Gasteiger partial charge on any atom is 0.333 e. The summed E-state index contributed by atoms with van der Waals surface area (Å²) in [7, 11) is 0. The summed E-state index contributed by atoms with van der Waals surface area (Å²) in [6.45, 7) is -0.426. The summed E-state index contributed by atoms with van der Waals surface area (Å²) in [6.07, 6.45) is 4.29. The van der Waals surface area contributed by atoms with Crippen molar-refractivity contribution in [3.8, 4) is 17.3 Å². The first-order valence-electron chi connectivity index (χ1n) is 9.26. The zero-order chi connectivity index (χ0) is 20.3. The molecule has 29 heavy (non-hydrogen) atoms. The molecule has 2 aliphatic rings. The van der Waals surface area contributed by atoms with Crippen molar-refractivity contribution in [2.75, 3.05) is 11.4 Å². The Kier molecular flexibility index (Phi) is 3.93. The highest BCUT2D eigenvalue weighted by molar-refractivity contribution is 7.17. The average Bonchev–Trinajstić information content (AvgIpc) is 3.16. The maximum absolute atomic E-state index is 13.4. The topological polar surface area (TPSA) is 87.7 Å². The SMILES string of the molecule is C[C@@H]1CN(c2nc(-c3cnn(C(F)F)c3)cc3ncsc23)C(=O)[C@]1(C#N)C1CC1. The maximum atomic E-state index is 13.4. The molecule has 0 spiro atoms. The number of nitriles is 1. The van der Waals surface area contributed by atoms with Crippen LogP contribution in [0.4, 0.5) is 14.6 Å². The number of nitrogens with zero attached hydrogens (tertiary/aromatic N) is 6. The zero-order valence-electron chi connectivity index (χ0n) is 15.4. The number of hydrogen-bond donors (Lipinski definition) is 0. The van der Waals surface area contributed by atoms with E-state index in [0.29, 0.717) is 33.8 Å². The third-order valence-corrected chi connectivity index (χ3v) is 6.73. The number of fused-ring (bicyclic) bond motifs is 1. The van der Waals surface area contributed by atoms with E-state index in [-0.39, 0.29) is 17.7 Å². The quantitative estimate of drug-likeness (QED) is 0.647. The fourth-order valence-electron chi connectivity index (χ4n) is 4.24. The number of amides is 1. The second-order valence-corrected chi connectivity index (χ2v) is 8.45. The van der Waals surface area contributed by atoms with Crippen LogP contribution in [0.1, 0.15) is 26.3 Å². The molecule has 0 bridgehead atoms. The van der Waals surface area contributed by atoms with Crippen LogP contribution in [0.2, 0.25) is 0 Å². The van der Waals surface area contributed by atoms with Gasteiger partial charge in [0.25, 0.3) is 0 Å². The Morgan fingerprint density at radius 1 is 1.41 bits per heavy atom. The lowest BCUT2D eigenvalue weighted by Gasteiger charge is -2.22. The first-order valence-corrected chi connectivity index (χ1v) is 10.1. The highest BCUT2D eigenvalue weighted by Crippen LogP contribution is 2.54. The van der Waals surface area contributed by atoms with Gasteiger partial charge in [-0.2, -0.15) is 19.1 Å². The lowest BCUT2D eigenvalue weighted by atomic mass is 9.75. The Hall–Kier alpha value is -2.93. The molecule has 0 aromatic carbocycles. The van der Waals surface area contributed by atoms with E-state index >= 15 is 0 Å². The van der Waals surface area contributed by atoms with Gasteiger partial charge in [0.1, 0.15) is 5.41 Å². The molecular weight excluding hydrogens is 398 g/mol. The fraction of sp³-hybridized carbons (Fsp3) is 0.421. The van der Waals surface area contributed by atoms with Crippen LogP contribution in [0.15, 0.2) is 24.0 Å². The molecule has 1 amide bonds. The van der Waals surface area contributed by atoms with Crippen molar-refractivity contribution in [2.45, 2.75) is 26.3 Å². The largest absolute Gasteiger partial charge is 0.333 e. The Morgan fingerprint density at radius 2 is 2.21 bits per heavy atom. The van der Waals surface area contributed by atoms with Crippen LogP contribution in [0.25, 0.3) is 21.5 Å².